The molecule has 0 aromatic carbocycles. The Bertz CT molecular complexity index is 427. The summed E-state index contributed by atoms with van der Waals surface area (Å²) < 4.78 is 0. The molecule has 17 heavy (non-hydrogen) atoms. The molecule has 1 heterocycles. The van der Waals surface area contributed by atoms with Crippen LogP contribution in [0.4, 0.5) is 0 Å². The van der Waals surface area contributed by atoms with Crippen LogP contribution in [-0.4, -0.2) is 18.2 Å². The fraction of sp³-hybridized carbons (Fsp3) is 0.200. The summed E-state index contributed by atoms with van der Waals surface area (Å²) in [6.45, 7) is 10.0. The molecule has 2 nitrogen and oxygen atoms in total. The summed E-state index contributed by atoms with van der Waals surface area (Å²) in [6, 6.07) is 5.87. The molecule has 0 unspecified atom stereocenters. The van der Waals surface area contributed by atoms with Gasteiger partial charge in [-0.25, -0.2) is 0 Å². The van der Waals surface area contributed by atoms with E-state index < -0.39 is 0 Å². The van der Waals surface area contributed by atoms with E-state index in [1.54, 1.807) is 6.20 Å². The van der Waals surface area contributed by atoms with E-state index >= 15 is 0 Å². The van der Waals surface area contributed by atoms with Crippen LogP contribution in [0.2, 0.25) is 0 Å². The number of rotatable bonds is 6. The molecule has 1 rings (SSSR count). The maximum Gasteiger partial charge on any atom is 0.0705 e. The van der Waals surface area contributed by atoms with Crippen molar-refractivity contribution < 1.29 is 0 Å². The zero-order valence-corrected chi connectivity index (χ0v) is 10.3. The highest BCUT2D eigenvalue weighted by Crippen LogP contribution is 2.19. The van der Waals surface area contributed by atoms with Crippen molar-refractivity contribution in [1.29, 1.82) is 0 Å². The third-order valence-electron chi connectivity index (χ3n) is 2.34. The Morgan fingerprint density at radius 3 is 2.82 bits per heavy atom. The van der Waals surface area contributed by atoms with Crippen molar-refractivity contribution in [3.63, 3.8) is 0 Å². The maximum atomic E-state index is 4.36. The van der Waals surface area contributed by atoms with E-state index in [-0.39, 0.29) is 0 Å². The van der Waals surface area contributed by atoms with Gasteiger partial charge in [-0.3, -0.25) is 9.98 Å². The van der Waals surface area contributed by atoms with Crippen molar-refractivity contribution in [1.82, 2.24) is 4.98 Å². The highest BCUT2D eigenvalue weighted by molar-refractivity contribution is 5.76. The van der Waals surface area contributed by atoms with Crippen LogP contribution >= 0.6 is 0 Å². The van der Waals surface area contributed by atoms with Gasteiger partial charge in [0.25, 0.3) is 0 Å². The monoisotopic (exact) mass is 226 g/mol. The van der Waals surface area contributed by atoms with Crippen LogP contribution in [0, 0.1) is 0 Å². The number of pyridine rings is 1. The van der Waals surface area contributed by atoms with Gasteiger partial charge < -0.3 is 0 Å². The molecule has 0 N–H and O–H groups in total. The Balaban J connectivity index is 3.23. The Kier molecular flexibility index (Phi) is 5.66. The molecule has 0 aliphatic heterocycles. The van der Waals surface area contributed by atoms with Crippen LogP contribution in [0.5, 0.6) is 0 Å². The van der Waals surface area contributed by atoms with Gasteiger partial charge in [-0.05, 0) is 30.8 Å². The molecular weight excluding hydrogens is 208 g/mol. The van der Waals surface area contributed by atoms with Gasteiger partial charge in [0.1, 0.15) is 0 Å². The molecule has 0 bridgehead atoms. The zero-order valence-electron chi connectivity index (χ0n) is 10.3. The fourth-order valence-corrected chi connectivity index (χ4v) is 1.49. The number of hydrogen-bond donors (Lipinski definition) is 0. The smallest absolute Gasteiger partial charge is 0.0705 e. The van der Waals surface area contributed by atoms with Crippen LogP contribution in [0.25, 0.3) is 5.57 Å². The average molecular weight is 226 g/mol. The topological polar surface area (TPSA) is 25.2 Å². The zero-order chi connectivity index (χ0) is 12.5. The van der Waals surface area contributed by atoms with Gasteiger partial charge >= 0.3 is 0 Å². The minimum Gasteiger partial charge on any atom is -0.296 e. The van der Waals surface area contributed by atoms with E-state index in [1.165, 1.54) is 0 Å². The highest BCUT2D eigenvalue weighted by atomic mass is 14.7. The minimum absolute atomic E-state index is 0.559. The molecule has 0 amide bonds. The summed E-state index contributed by atoms with van der Waals surface area (Å²) >= 11 is 0. The summed E-state index contributed by atoms with van der Waals surface area (Å²) in [4.78, 5) is 8.28. The largest absolute Gasteiger partial charge is 0.296 e. The molecule has 0 aliphatic carbocycles. The second-order valence-corrected chi connectivity index (χ2v) is 3.55. The van der Waals surface area contributed by atoms with E-state index in [9.17, 15) is 0 Å². The van der Waals surface area contributed by atoms with Gasteiger partial charge in [0.2, 0.25) is 0 Å². The van der Waals surface area contributed by atoms with E-state index in [0.29, 0.717) is 6.54 Å². The van der Waals surface area contributed by atoms with Crippen LogP contribution in [0.15, 0.2) is 59.8 Å². The molecule has 0 aliphatic rings. The van der Waals surface area contributed by atoms with Gasteiger partial charge in [-0.15, -0.1) is 0 Å². The lowest BCUT2D eigenvalue weighted by molar-refractivity contribution is 1.18. The highest BCUT2D eigenvalue weighted by Gasteiger charge is 2.04. The Hall–Kier alpha value is -1.96. The second-order valence-electron chi connectivity index (χ2n) is 3.55. The quantitative estimate of drug-likeness (QED) is 0.536. The molecule has 0 fully saturated rings. The van der Waals surface area contributed by atoms with E-state index in [1.807, 2.05) is 24.3 Å². The van der Waals surface area contributed by atoms with Crippen LogP contribution in [-0.2, 0) is 0 Å². The molecular formula is C15H18N2. The van der Waals surface area contributed by atoms with Gasteiger partial charge in [-0.1, -0.05) is 37.8 Å². The first-order valence-corrected chi connectivity index (χ1v) is 5.69. The summed E-state index contributed by atoms with van der Waals surface area (Å²) in [5.41, 5.74) is 3.05. The molecule has 2 heteroatoms. The first-order valence-electron chi connectivity index (χ1n) is 5.69. The van der Waals surface area contributed by atoms with Gasteiger partial charge in [0.15, 0.2) is 0 Å². The van der Waals surface area contributed by atoms with Crippen LogP contribution in [0.1, 0.15) is 19.0 Å². The molecule has 1 aromatic heterocycles. The molecule has 0 saturated heterocycles. The lowest BCUT2D eigenvalue weighted by Gasteiger charge is -2.06. The van der Waals surface area contributed by atoms with E-state index in [0.717, 1.165) is 23.3 Å². The predicted octanol–water partition coefficient (Wildman–Crippen LogP) is 3.69. The summed E-state index contributed by atoms with van der Waals surface area (Å²) in [5, 5.41) is 0. The third kappa shape index (κ3) is 3.83. The molecule has 0 radical (unpaired) electrons. The maximum absolute atomic E-state index is 4.36. The van der Waals surface area contributed by atoms with Gasteiger partial charge in [-0.2, -0.15) is 0 Å². The van der Waals surface area contributed by atoms with Crippen molar-refractivity contribution in [2.45, 2.75) is 13.3 Å². The summed E-state index contributed by atoms with van der Waals surface area (Å²) in [5.74, 6) is 0. The van der Waals surface area contributed by atoms with Crippen LogP contribution < -0.4 is 0 Å². The molecule has 0 saturated carbocycles. The van der Waals surface area contributed by atoms with Crippen molar-refractivity contribution in [2.75, 3.05) is 6.54 Å². The Labute approximate surface area is 103 Å². The van der Waals surface area contributed by atoms with Crippen molar-refractivity contribution in [3.8, 4) is 0 Å². The van der Waals surface area contributed by atoms with Crippen molar-refractivity contribution >= 4 is 12.3 Å². The Morgan fingerprint density at radius 1 is 1.47 bits per heavy atom. The molecule has 0 spiro atoms. The van der Waals surface area contributed by atoms with Gasteiger partial charge in [0.05, 0.1) is 12.2 Å². The number of aromatic nitrogens is 1. The first kappa shape index (κ1) is 13.1. The number of hydrogen-bond acceptors (Lipinski definition) is 2. The minimum atomic E-state index is 0.559. The Morgan fingerprint density at radius 2 is 2.29 bits per heavy atom. The van der Waals surface area contributed by atoms with E-state index in [2.05, 4.69) is 42.3 Å². The molecule has 88 valence electrons. The van der Waals surface area contributed by atoms with Crippen LogP contribution in [0.3, 0.4) is 0 Å². The summed E-state index contributed by atoms with van der Waals surface area (Å²) in [6.07, 6.45) is 8.78. The number of nitrogens with zero attached hydrogens (tertiary/aromatic N) is 2. The number of allylic oxidation sites excluding steroid dienone is 3. The normalized spacial score (nSPS) is 12.3. The third-order valence-corrected chi connectivity index (χ3v) is 2.34. The van der Waals surface area contributed by atoms with E-state index in [4.69, 9.17) is 0 Å². The average Bonchev–Trinajstić information content (AvgIpc) is 2.39. The van der Waals surface area contributed by atoms with Crippen molar-refractivity contribution in [3.05, 3.63) is 60.5 Å². The lowest BCUT2D eigenvalue weighted by Crippen LogP contribution is -1.93. The fourth-order valence-electron chi connectivity index (χ4n) is 1.49. The summed E-state index contributed by atoms with van der Waals surface area (Å²) in [7, 11) is 0. The predicted molar refractivity (Wildman–Crippen MR) is 75.2 cm³/mol. The second kappa shape index (κ2) is 7.34. The van der Waals surface area contributed by atoms with Crippen molar-refractivity contribution in [2.24, 2.45) is 4.99 Å². The lowest BCUT2D eigenvalue weighted by atomic mass is 10.0. The standard InChI is InChI=1S/C15H18N2/c1-4-6-9-14(13(5-2)12-16-3)15-10-7-8-11-17-15/h5-11H,2-4,12H2,1H3/b9-6-,14-13+. The molecule has 0 atom stereocenters. The first-order chi connectivity index (χ1) is 8.33. The SMILES string of the molecule is C=C/C(CN=C)=C(/C=C\CC)c1ccccn1. The molecule has 1 aromatic rings. The van der Waals surface area contributed by atoms with Gasteiger partial charge in [0, 0.05) is 11.8 Å². The number of aliphatic imine (C=N–C) groups is 1.